The topological polar surface area (TPSA) is 99.8 Å². The van der Waals surface area contributed by atoms with Crippen LogP contribution >= 0.6 is 0 Å². The summed E-state index contributed by atoms with van der Waals surface area (Å²) in [4.78, 5) is 38.1. The van der Waals surface area contributed by atoms with E-state index in [0.717, 1.165) is 42.9 Å². The summed E-state index contributed by atoms with van der Waals surface area (Å²) in [7, 11) is 0. The molecule has 27 heavy (non-hydrogen) atoms. The summed E-state index contributed by atoms with van der Waals surface area (Å²) in [5, 5.41) is 9.30. The number of hydrogen-bond acceptors (Lipinski definition) is 6. The third-order valence-electron chi connectivity index (χ3n) is 6.09. The molecule has 0 saturated carbocycles. The third kappa shape index (κ3) is 2.66. The van der Waals surface area contributed by atoms with Gasteiger partial charge in [0.2, 0.25) is 11.8 Å². The summed E-state index contributed by atoms with van der Waals surface area (Å²) in [6, 6.07) is 3.18. The molecule has 4 aliphatic heterocycles. The number of fused-ring (bicyclic) bond motifs is 2. The highest BCUT2D eigenvalue weighted by atomic mass is 16.5. The van der Waals surface area contributed by atoms with E-state index in [1.165, 1.54) is 0 Å². The number of nitrogens with one attached hydrogen (secondary N) is 3. The lowest BCUT2D eigenvalue weighted by Gasteiger charge is -2.42. The Balaban J connectivity index is 1.41. The normalized spacial score (nSPS) is 26.1. The van der Waals surface area contributed by atoms with E-state index < -0.39 is 6.04 Å². The van der Waals surface area contributed by atoms with Crippen LogP contribution in [0.3, 0.4) is 0 Å². The summed E-state index contributed by atoms with van der Waals surface area (Å²) >= 11 is 0. The van der Waals surface area contributed by atoms with Crippen molar-refractivity contribution in [3.8, 4) is 5.75 Å². The minimum absolute atomic E-state index is 0.0859. The van der Waals surface area contributed by atoms with Gasteiger partial charge in [0.1, 0.15) is 18.4 Å². The van der Waals surface area contributed by atoms with Crippen LogP contribution in [0.1, 0.15) is 41.6 Å². The summed E-state index contributed by atoms with van der Waals surface area (Å²) in [6.07, 6.45) is 2.57. The molecule has 4 aliphatic rings. The first-order chi connectivity index (χ1) is 13.0. The van der Waals surface area contributed by atoms with E-state index in [0.29, 0.717) is 25.1 Å². The van der Waals surface area contributed by atoms with Gasteiger partial charge in [0.05, 0.1) is 11.2 Å². The van der Waals surface area contributed by atoms with Gasteiger partial charge in [0.25, 0.3) is 5.91 Å². The number of carbonyl (C=O) groups excluding carboxylic acids is 3. The average molecular weight is 370 g/mol. The molecule has 5 rings (SSSR count). The maximum Gasteiger partial charge on any atom is 0.255 e. The molecule has 2 fully saturated rings. The minimum Gasteiger partial charge on any atom is -0.489 e. The molecule has 0 bridgehead atoms. The molecule has 8 nitrogen and oxygen atoms in total. The Morgan fingerprint density at radius 1 is 1.15 bits per heavy atom. The van der Waals surface area contributed by atoms with Crippen molar-refractivity contribution in [1.29, 1.82) is 0 Å². The number of amides is 3. The van der Waals surface area contributed by atoms with Crippen molar-refractivity contribution >= 4 is 23.4 Å². The van der Waals surface area contributed by atoms with Gasteiger partial charge in [0.15, 0.2) is 0 Å². The van der Waals surface area contributed by atoms with E-state index in [1.807, 2.05) is 12.1 Å². The molecule has 8 heteroatoms. The van der Waals surface area contributed by atoms with Crippen LogP contribution in [0.2, 0.25) is 0 Å². The lowest BCUT2D eigenvalue weighted by atomic mass is 9.87. The largest absolute Gasteiger partial charge is 0.489 e. The first-order valence-electron chi connectivity index (χ1n) is 9.48. The first-order valence-corrected chi connectivity index (χ1v) is 9.48. The number of anilines is 1. The molecule has 4 heterocycles. The van der Waals surface area contributed by atoms with Crippen molar-refractivity contribution in [2.24, 2.45) is 0 Å². The number of hydrogen-bond donors (Lipinski definition) is 3. The maximum absolute atomic E-state index is 13.0. The molecule has 2 saturated heterocycles. The van der Waals surface area contributed by atoms with Crippen LogP contribution in [0.25, 0.3) is 0 Å². The molecule has 0 radical (unpaired) electrons. The second-order valence-electron chi connectivity index (χ2n) is 7.85. The Morgan fingerprint density at radius 3 is 2.74 bits per heavy atom. The minimum atomic E-state index is -0.593. The number of nitrogens with zero attached hydrogens (tertiary/aromatic N) is 1. The Kier molecular flexibility index (Phi) is 3.65. The molecule has 3 N–H and O–H groups in total. The SMILES string of the molecule is O=C1CC[C@H](N2Cc3cc4c(cc3C2=O)NC2(CCNCC2)CO4)C(=O)N1. The molecule has 3 amide bonds. The van der Waals surface area contributed by atoms with Crippen LogP contribution in [-0.4, -0.2) is 53.9 Å². The van der Waals surface area contributed by atoms with E-state index >= 15 is 0 Å². The van der Waals surface area contributed by atoms with Crippen LogP contribution in [0.4, 0.5) is 5.69 Å². The van der Waals surface area contributed by atoms with Gasteiger partial charge in [-0.3, -0.25) is 19.7 Å². The zero-order valence-electron chi connectivity index (χ0n) is 15.0. The number of benzene rings is 1. The van der Waals surface area contributed by atoms with Gasteiger partial charge in [-0.1, -0.05) is 0 Å². The van der Waals surface area contributed by atoms with Crippen molar-refractivity contribution in [3.63, 3.8) is 0 Å². The number of ether oxygens (including phenoxy) is 1. The summed E-state index contributed by atoms with van der Waals surface area (Å²) in [5.41, 5.74) is 2.24. The number of imide groups is 1. The second-order valence-corrected chi connectivity index (χ2v) is 7.85. The molecule has 0 unspecified atom stereocenters. The summed E-state index contributed by atoms with van der Waals surface area (Å²) in [6.45, 7) is 2.87. The van der Waals surface area contributed by atoms with Crippen molar-refractivity contribution in [1.82, 2.24) is 15.5 Å². The Bertz CT molecular complexity index is 846. The molecular formula is C19H22N4O4. The molecule has 1 aromatic rings. The molecule has 142 valence electrons. The number of carbonyl (C=O) groups is 3. The van der Waals surface area contributed by atoms with E-state index in [2.05, 4.69) is 16.0 Å². The van der Waals surface area contributed by atoms with E-state index in [-0.39, 0.29) is 29.7 Å². The van der Waals surface area contributed by atoms with Gasteiger partial charge in [-0.25, -0.2) is 0 Å². The standard InChI is InChI=1S/C19H22N4O4/c24-16-2-1-14(17(25)21-16)23-9-11-7-15-13(8-12(11)18(23)26)22-19(10-27-15)3-5-20-6-4-19/h7-8,14,20,22H,1-6,9-10H2,(H,21,24,25)/t14-/m0/s1. The van der Waals surface area contributed by atoms with E-state index in [9.17, 15) is 14.4 Å². The third-order valence-corrected chi connectivity index (χ3v) is 6.09. The molecular weight excluding hydrogens is 348 g/mol. The number of rotatable bonds is 1. The Labute approximate surface area is 156 Å². The van der Waals surface area contributed by atoms with Gasteiger partial charge in [-0.2, -0.15) is 0 Å². The fraction of sp³-hybridized carbons (Fsp3) is 0.526. The smallest absolute Gasteiger partial charge is 0.255 e. The van der Waals surface area contributed by atoms with Crippen molar-refractivity contribution < 1.29 is 19.1 Å². The molecule has 1 aromatic carbocycles. The predicted octanol–water partition coefficient (Wildman–Crippen LogP) is 0.374. The molecule has 1 spiro atoms. The second kappa shape index (κ2) is 5.95. The summed E-state index contributed by atoms with van der Waals surface area (Å²) < 4.78 is 6.05. The van der Waals surface area contributed by atoms with Crippen molar-refractivity contribution in [3.05, 3.63) is 23.3 Å². The van der Waals surface area contributed by atoms with E-state index in [4.69, 9.17) is 4.74 Å². The number of piperidine rings is 2. The maximum atomic E-state index is 13.0. The zero-order chi connectivity index (χ0) is 18.6. The highest BCUT2D eigenvalue weighted by Gasteiger charge is 2.41. The fourth-order valence-electron chi connectivity index (χ4n) is 4.52. The van der Waals surface area contributed by atoms with Gasteiger partial charge in [-0.15, -0.1) is 0 Å². The van der Waals surface area contributed by atoms with E-state index in [1.54, 1.807) is 4.90 Å². The van der Waals surface area contributed by atoms with Gasteiger partial charge < -0.3 is 20.3 Å². The van der Waals surface area contributed by atoms with Crippen LogP contribution in [0.5, 0.6) is 5.75 Å². The van der Waals surface area contributed by atoms with Crippen LogP contribution in [0.15, 0.2) is 12.1 Å². The molecule has 0 aliphatic carbocycles. The predicted molar refractivity (Wildman–Crippen MR) is 96.4 cm³/mol. The van der Waals surface area contributed by atoms with Gasteiger partial charge in [0, 0.05) is 18.5 Å². The molecule has 0 aromatic heterocycles. The van der Waals surface area contributed by atoms with Crippen molar-refractivity contribution in [2.75, 3.05) is 25.0 Å². The average Bonchev–Trinajstić information content (AvgIpc) is 2.96. The molecule has 1 atom stereocenters. The summed E-state index contributed by atoms with van der Waals surface area (Å²) in [5.74, 6) is -0.0641. The quantitative estimate of drug-likeness (QED) is 0.618. The Hall–Kier alpha value is -2.61. The highest BCUT2D eigenvalue weighted by Crippen LogP contribution is 2.40. The van der Waals surface area contributed by atoms with Gasteiger partial charge >= 0.3 is 0 Å². The first kappa shape index (κ1) is 16.6. The fourth-order valence-corrected chi connectivity index (χ4v) is 4.52. The van der Waals surface area contributed by atoms with Crippen LogP contribution in [0, 0.1) is 0 Å². The lowest BCUT2D eigenvalue weighted by molar-refractivity contribution is -0.136. The van der Waals surface area contributed by atoms with Crippen LogP contribution in [-0.2, 0) is 16.1 Å². The monoisotopic (exact) mass is 370 g/mol. The van der Waals surface area contributed by atoms with Crippen LogP contribution < -0.4 is 20.7 Å². The van der Waals surface area contributed by atoms with Gasteiger partial charge in [-0.05, 0) is 50.0 Å². The highest BCUT2D eigenvalue weighted by molar-refractivity contribution is 6.06. The van der Waals surface area contributed by atoms with Crippen molar-refractivity contribution in [2.45, 2.75) is 43.8 Å². The Morgan fingerprint density at radius 2 is 1.96 bits per heavy atom. The lowest BCUT2D eigenvalue weighted by Crippen LogP contribution is -2.53. The zero-order valence-corrected chi connectivity index (χ0v) is 15.0.